The van der Waals surface area contributed by atoms with Crippen LogP contribution < -0.4 is 9.47 Å². The number of esters is 1. The van der Waals surface area contributed by atoms with E-state index in [-0.39, 0.29) is 5.97 Å². The lowest BCUT2D eigenvalue weighted by molar-refractivity contribution is -0.134. The number of carbonyl (C=O) groups is 1. The van der Waals surface area contributed by atoms with Gasteiger partial charge in [-0.05, 0) is 61.7 Å². The third-order valence-electron chi connectivity index (χ3n) is 3.21. The second kappa shape index (κ2) is 7.85. The average Bonchev–Trinajstić information content (AvgIpc) is 2.50. The Labute approximate surface area is 135 Å². The lowest BCUT2D eigenvalue weighted by Gasteiger charge is -2.08. The van der Waals surface area contributed by atoms with Crippen LogP contribution in [0.4, 0.5) is 0 Å². The molecule has 116 valence electrons. The second-order valence-corrected chi connectivity index (χ2v) is 5.40. The summed E-state index contributed by atoms with van der Waals surface area (Å²) in [6.45, 7) is 4.45. The second-order valence-electron chi connectivity index (χ2n) is 4.96. The molecule has 2 aromatic carbocycles. The molecule has 0 aliphatic heterocycles. The predicted molar refractivity (Wildman–Crippen MR) is 87.8 cm³/mol. The highest BCUT2D eigenvalue weighted by atomic mass is 35.5. The maximum atomic E-state index is 11.9. The van der Waals surface area contributed by atoms with Crippen molar-refractivity contribution in [2.45, 2.75) is 26.7 Å². The monoisotopic (exact) mass is 318 g/mol. The molecule has 0 saturated heterocycles. The minimum absolute atomic E-state index is 0.251. The maximum Gasteiger partial charge on any atom is 0.311 e. The van der Waals surface area contributed by atoms with Crippen LogP contribution in [0, 0.1) is 6.92 Å². The first-order chi connectivity index (χ1) is 10.6. The number of rotatable bonds is 6. The summed E-state index contributed by atoms with van der Waals surface area (Å²) in [4.78, 5) is 11.9. The Hall–Kier alpha value is -2.00. The molecule has 22 heavy (non-hydrogen) atoms. The normalized spacial score (nSPS) is 10.3. The van der Waals surface area contributed by atoms with Gasteiger partial charge in [0, 0.05) is 11.4 Å². The molecule has 0 radical (unpaired) electrons. The number of aryl methyl sites for hydroxylation is 2. The van der Waals surface area contributed by atoms with Crippen LogP contribution >= 0.6 is 11.6 Å². The van der Waals surface area contributed by atoms with E-state index in [1.807, 2.05) is 38.1 Å². The Morgan fingerprint density at radius 2 is 1.86 bits per heavy atom. The topological polar surface area (TPSA) is 35.5 Å². The Kier molecular flexibility index (Phi) is 5.84. The summed E-state index contributed by atoms with van der Waals surface area (Å²) in [5.41, 5.74) is 1.93. The summed E-state index contributed by atoms with van der Waals surface area (Å²) in [6, 6.07) is 12.9. The third kappa shape index (κ3) is 4.78. The van der Waals surface area contributed by atoms with E-state index in [9.17, 15) is 4.79 Å². The smallest absolute Gasteiger partial charge is 0.311 e. The number of hydrogen-bond donors (Lipinski definition) is 0. The van der Waals surface area contributed by atoms with Crippen molar-refractivity contribution in [2.24, 2.45) is 0 Å². The fourth-order valence-electron chi connectivity index (χ4n) is 2.07. The van der Waals surface area contributed by atoms with Gasteiger partial charge >= 0.3 is 5.97 Å². The van der Waals surface area contributed by atoms with Crippen LogP contribution in [0.25, 0.3) is 0 Å². The average molecular weight is 319 g/mol. The highest BCUT2D eigenvalue weighted by Gasteiger charge is 2.08. The Morgan fingerprint density at radius 3 is 2.50 bits per heavy atom. The van der Waals surface area contributed by atoms with Gasteiger partial charge in [-0.1, -0.05) is 23.7 Å². The van der Waals surface area contributed by atoms with Crippen molar-refractivity contribution in [3.8, 4) is 11.5 Å². The van der Waals surface area contributed by atoms with Crippen molar-refractivity contribution < 1.29 is 14.3 Å². The van der Waals surface area contributed by atoms with Gasteiger partial charge in [-0.3, -0.25) is 4.79 Å². The van der Waals surface area contributed by atoms with E-state index in [0.29, 0.717) is 30.2 Å². The first-order valence-electron chi connectivity index (χ1n) is 7.27. The third-order valence-corrected chi connectivity index (χ3v) is 3.45. The van der Waals surface area contributed by atoms with Gasteiger partial charge in [0.25, 0.3) is 0 Å². The minimum Gasteiger partial charge on any atom is -0.494 e. The fraction of sp³-hybridized carbons (Fsp3) is 0.278. The van der Waals surface area contributed by atoms with Crippen LogP contribution in [0.3, 0.4) is 0 Å². The molecule has 3 nitrogen and oxygen atoms in total. The molecule has 4 heteroatoms. The number of hydrogen-bond acceptors (Lipinski definition) is 3. The summed E-state index contributed by atoms with van der Waals surface area (Å²) in [7, 11) is 0. The predicted octanol–water partition coefficient (Wildman–Crippen LogP) is 4.59. The molecular weight excluding hydrogens is 300 g/mol. The first-order valence-corrected chi connectivity index (χ1v) is 7.65. The van der Waals surface area contributed by atoms with E-state index < -0.39 is 0 Å². The van der Waals surface area contributed by atoms with Gasteiger partial charge in [0.15, 0.2) is 0 Å². The van der Waals surface area contributed by atoms with E-state index in [4.69, 9.17) is 21.1 Å². The maximum absolute atomic E-state index is 11.9. The van der Waals surface area contributed by atoms with Gasteiger partial charge in [-0.2, -0.15) is 0 Å². The van der Waals surface area contributed by atoms with Gasteiger partial charge < -0.3 is 9.47 Å². The molecule has 0 amide bonds. The fourth-order valence-corrected chi connectivity index (χ4v) is 2.29. The molecule has 0 unspecified atom stereocenters. The molecule has 2 aromatic rings. The van der Waals surface area contributed by atoms with Gasteiger partial charge in [-0.15, -0.1) is 0 Å². The lowest BCUT2D eigenvalue weighted by atomic mass is 10.1. The number of halogens is 1. The largest absolute Gasteiger partial charge is 0.494 e. The van der Waals surface area contributed by atoms with Crippen LogP contribution in [0.15, 0.2) is 42.5 Å². The number of ether oxygens (including phenoxy) is 2. The van der Waals surface area contributed by atoms with Crippen LogP contribution in [-0.2, 0) is 11.2 Å². The van der Waals surface area contributed by atoms with Crippen LogP contribution in [0.5, 0.6) is 11.5 Å². The molecule has 0 saturated carbocycles. The zero-order valence-electron chi connectivity index (χ0n) is 12.8. The van der Waals surface area contributed by atoms with Crippen molar-refractivity contribution in [2.75, 3.05) is 6.61 Å². The number of benzene rings is 2. The van der Waals surface area contributed by atoms with Crippen molar-refractivity contribution in [1.29, 1.82) is 0 Å². The zero-order valence-corrected chi connectivity index (χ0v) is 13.5. The van der Waals surface area contributed by atoms with E-state index in [1.165, 1.54) is 0 Å². The van der Waals surface area contributed by atoms with Crippen LogP contribution in [0.1, 0.15) is 24.5 Å². The first kappa shape index (κ1) is 16.4. The van der Waals surface area contributed by atoms with E-state index in [1.54, 1.807) is 18.2 Å². The molecule has 0 aromatic heterocycles. The summed E-state index contributed by atoms with van der Waals surface area (Å²) in [6.07, 6.45) is 0.966. The van der Waals surface area contributed by atoms with Crippen LogP contribution in [-0.4, -0.2) is 12.6 Å². The molecule has 0 bridgehead atoms. The molecule has 0 N–H and O–H groups in total. The van der Waals surface area contributed by atoms with Crippen molar-refractivity contribution >= 4 is 17.6 Å². The zero-order chi connectivity index (χ0) is 15.9. The Balaban J connectivity index is 1.87. The highest BCUT2D eigenvalue weighted by Crippen LogP contribution is 2.22. The molecule has 0 fully saturated rings. The van der Waals surface area contributed by atoms with Gasteiger partial charge in [-0.25, -0.2) is 0 Å². The molecule has 2 rings (SSSR count). The van der Waals surface area contributed by atoms with Crippen molar-refractivity contribution in [3.63, 3.8) is 0 Å². The quantitative estimate of drug-likeness (QED) is 0.577. The van der Waals surface area contributed by atoms with Gasteiger partial charge in [0.05, 0.1) is 6.61 Å². The van der Waals surface area contributed by atoms with Crippen molar-refractivity contribution in [1.82, 2.24) is 0 Å². The minimum atomic E-state index is -0.251. The summed E-state index contributed by atoms with van der Waals surface area (Å²) < 4.78 is 10.7. The standard InChI is InChI=1S/C18H19ClO3/c1-3-21-16-8-4-14(5-9-16)6-11-18(20)22-17-10-7-15(19)12-13(17)2/h4-5,7-10,12H,3,6,11H2,1-2H3. The molecule has 0 spiro atoms. The highest BCUT2D eigenvalue weighted by molar-refractivity contribution is 6.30. The molecular formula is C18H19ClO3. The SMILES string of the molecule is CCOc1ccc(CCC(=O)Oc2ccc(Cl)cc2C)cc1. The summed E-state index contributed by atoms with van der Waals surface area (Å²) >= 11 is 5.88. The van der Waals surface area contributed by atoms with Gasteiger partial charge in [0.2, 0.25) is 0 Å². The lowest BCUT2D eigenvalue weighted by Crippen LogP contribution is -2.09. The summed E-state index contributed by atoms with van der Waals surface area (Å²) in [5, 5.41) is 0.631. The van der Waals surface area contributed by atoms with E-state index >= 15 is 0 Å². The van der Waals surface area contributed by atoms with Gasteiger partial charge in [0.1, 0.15) is 11.5 Å². The Bertz CT molecular complexity index is 635. The molecule has 0 aliphatic carbocycles. The Morgan fingerprint density at radius 1 is 1.14 bits per heavy atom. The van der Waals surface area contributed by atoms with Crippen molar-refractivity contribution in [3.05, 3.63) is 58.6 Å². The van der Waals surface area contributed by atoms with Crippen LogP contribution in [0.2, 0.25) is 5.02 Å². The molecule has 0 aliphatic rings. The van der Waals surface area contributed by atoms with E-state index in [2.05, 4.69) is 0 Å². The molecule has 0 atom stereocenters. The molecule has 0 heterocycles. The summed E-state index contributed by atoms with van der Waals surface area (Å²) in [5.74, 6) is 1.14. The number of carbonyl (C=O) groups excluding carboxylic acids is 1. The van der Waals surface area contributed by atoms with E-state index in [0.717, 1.165) is 16.9 Å².